The molecule has 1 nitrogen and oxygen atoms in total. The molecule has 0 radical (unpaired) electrons. The molecule has 0 aliphatic heterocycles. The molecule has 0 unspecified atom stereocenters. The van der Waals surface area contributed by atoms with Crippen LogP contribution >= 0.6 is 0 Å². The number of nitrogens with zero attached hydrogens (tertiary/aromatic N) is 1. The lowest BCUT2D eigenvalue weighted by Gasteiger charge is -2.07. The Balaban J connectivity index is 1.59. The van der Waals surface area contributed by atoms with Gasteiger partial charge in [-0.2, -0.15) is 0 Å². The zero-order valence-corrected chi connectivity index (χ0v) is 15.0. The van der Waals surface area contributed by atoms with Crippen molar-refractivity contribution >= 4 is 12.2 Å². The van der Waals surface area contributed by atoms with Crippen LogP contribution in [-0.2, 0) is 0 Å². The monoisotopic (exact) mass is 369 g/mol. The molecule has 0 N–H and O–H groups in total. The van der Waals surface area contributed by atoms with Crippen LogP contribution in [0.3, 0.4) is 0 Å². The minimum atomic E-state index is -0.619. The van der Waals surface area contributed by atoms with Crippen molar-refractivity contribution in [1.82, 2.24) is 4.98 Å². The van der Waals surface area contributed by atoms with E-state index in [4.69, 9.17) is 0 Å². The molecule has 0 spiro atoms. The normalized spacial score (nSPS) is 11.1. The molecule has 28 heavy (non-hydrogen) atoms. The minimum absolute atomic E-state index is 0.283. The van der Waals surface area contributed by atoms with E-state index in [0.717, 1.165) is 28.3 Å². The Bertz CT molecular complexity index is 1120. The van der Waals surface area contributed by atoms with Crippen LogP contribution in [0.1, 0.15) is 11.1 Å². The number of hydrogen-bond donors (Lipinski definition) is 0. The molecule has 1 heterocycles. The van der Waals surface area contributed by atoms with Crippen LogP contribution in [0.2, 0.25) is 0 Å². The van der Waals surface area contributed by atoms with Crippen molar-refractivity contribution in [1.29, 1.82) is 0 Å². The van der Waals surface area contributed by atoms with E-state index >= 15 is 0 Å². The molecular weight excluding hydrogens is 352 g/mol. The van der Waals surface area contributed by atoms with Crippen molar-refractivity contribution in [3.05, 3.63) is 114 Å². The fraction of sp³-hybridized carbons (Fsp3) is 0. The summed E-state index contributed by atoms with van der Waals surface area (Å²) in [7, 11) is 0. The Morgan fingerprint density at radius 1 is 0.643 bits per heavy atom. The molecule has 0 amide bonds. The van der Waals surface area contributed by atoms with Crippen molar-refractivity contribution in [2.24, 2.45) is 0 Å². The quantitative estimate of drug-likeness (QED) is 0.358. The van der Waals surface area contributed by atoms with E-state index in [9.17, 15) is 8.78 Å². The van der Waals surface area contributed by atoms with Crippen molar-refractivity contribution < 1.29 is 8.78 Å². The average molecular weight is 369 g/mol. The van der Waals surface area contributed by atoms with Gasteiger partial charge in [-0.1, -0.05) is 66.7 Å². The van der Waals surface area contributed by atoms with Gasteiger partial charge in [0.25, 0.3) is 0 Å². The Morgan fingerprint density at radius 3 is 2.07 bits per heavy atom. The zero-order valence-electron chi connectivity index (χ0n) is 15.0. The topological polar surface area (TPSA) is 12.9 Å². The van der Waals surface area contributed by atoms with Gasteiger partial charge < -0.3 is 0 Å². The summed E-state index contributed by atoms with van der Waals surface area (Å²) in [5.41, 5.74) is 4.92. The van der Waals surface area contributed by atoms with Crippen LogP contribution in [-0.4, -0.2) is 4.98 Å². The number of pyridine rings is 1. The molecule has 136 valence electrons. The summed E-state index contributed by atoms with van der Waals surface area (Å²) in [6, 6.07) is 25.4. The fourth-order valence-corrected chi connectivity index (χ4v) is 3.00. The first kappa shape index (κ1) is 17.8. The Labute approximate surface area is 162 Å². The summed E-state index contributed by atoms with van der Waals surface area (Å²) in [6.45, 7) is 0. The van der Waals surface area contributed by atoms with Gasteiger partial charge in [0.2, 0.25) is 0 Å². The van der Waals surface area contributed by atoms with E-state index in [1.807, 2.05) is 54.6 Å². The highest BCUT2D eigenvalue weighted by Crippen LogP contribution is 2.27. The summed E-state index contributed by atoms with van der Waals surface area (Å²) >= 11 is 0. The van der Waals surface area contributed by atoms with Crippen molar-refractivity contribution in [3.8, 4) is 22.4 Å². The number of hydrogen-bond acceptors (Lipinski definition) is 1. The first-order chi connectivity index (χ1) is 13.7. The maximum Gasteiger partial charge on any atom is 0.135 e. The fourth-order valence-electron chi connectivity index (χ4n) is 3.00. The Morgan fingerprint density at radius 2 is 1.36 bits per heavy atom. The number of benzene rings is 3. The third-order valence-electron chi connectivity index (χ3n) is 4.48. The van der Waals surface area contributed by atoms with Crippen molar-refractivity contribution in [2.75, 3.05) is 0 Å². The highest BCUT2D eigenvalue weighted by atomic mass is 19.1. The molecule has 0 fully saturated rings. The molecule has 4 rings (SSSR count). The van der Waals surface area contributed by atoms with Gasteiger partial charge in [-0.05, 0) is 46.5 Å². The van der Waals surface area contributed by atoms with E-state index in [1.54, 1.807) is 6.20 Å². The average Bonchev–Trinajstić information content (AvgIpc) is 2.73. The summed E-state index contributed by atoms with van der Waals surface area (Å²) in [5.74, 6) is -1.22. The summed E-state index contributed by atoms with van der Waals surface area (Å²) in [6.07, 6.45) is 5.76. The van der Waals surface area contributed by atoms with Gasteiger partial charge in [0.1, 0.15) is 11.6 Å². The van der Waals surface area contributed by atoms with Crippen LogP contribution in [0.4, 0.5) is 8.78 Å². The molecule has 3 aromatic carbocycles. The van der Waals surface area contributed by atoms with Gasteiger partial charge >= 0.3 is 0 Å². The maximum absolute atomic E-state index is 14.1. The smallest absolute Gasteiger partial charge is 0.135 e. The van der Waals surface area contributed by atoms with Gasteiger partial charge in [0.15, 0.2) is 0 Å². The second-order valence-corrected chi connectivity index (χ2v) is 6.42. The minimum Gasteiger partial charge on any atom is -0.256 e. The van der Waals surface area contributed by atoms with Crippen LogP contribution < -0.4 is 0 Å². The lowest BCUT2D eigenvalue weighted by Crippen LogP contribution is -1.90. The largest absolute Gasteiger partial charge is 0.256 e. The van der Waals surface area contributed by atoms with Crippen LogP contribution in [0, 0.1) is 11.6 Å². The van der Waals surface area contributed by atoms with Gasteiger partial charge in [0.05, 0.1) is 5.69 Å². The van der Waals surface area contributed by atoms with E-state index in [0.29, 0.717) is 5.69 Å². The van der Waals surface area contributed by atoms with Gasteiger partial charge in [0, 0.05) is 17.8 Å². The van der Waals surface area contributed by atoms with Gasteiger partial charge in [-0.25, -0.2) is 8.78 Å². The Hall–Kier alpha value is -3.59. The van der Waals surface area contributed by atoms with E-state index in [2.05, 4.69) is 29.3 Å². The van der Waals surface area contributed by atoms with E-state index in [-0.39, 0.29) is 5.56 Å². The molecular formula is C25H17F2N. The second kappa shape index (κ2) is 7.97. The molecule has 1 aromatic heterocycles. The lowest BCUT2D eigenvalue weighted by molar-refractivity contribution is 0.585. The van der Waals surface area contributed by atoms with Crippen LogP contribution in [0.15, 0.2) is 91.1 Å². The third kappa shape index (κ3) is 4.04. The van der Waals surface area contributed by atoms with Gasteiger partial charge in [-0.15, -0.1) is 0 Å². The molecule has 0 saturated carbocycles. The van der Waals surface area contributed by atoms with Crippen LogP contribution in [0.5, 0.6) is 0 Å². The third-order valence-corrected chi connectivity index (χ3v) is 4.48. The highest BCUT2D eigenvalue weighted by Gasteiger charge is 2.09. The predicted octanol–water partition coefficient (Wildman–Crippen LogP) is 6.86. The standard InChI is InChI=1S/C25H17F2N/c26-22-12-13-23(24(27)17-22)25-16-21(14-15-28-25)20-10-8-19(9-11-20)7-6-18-4-2-1-3-5-18/h1-17H/b7-6+. The molecule has 4 aromatic rings. The molecule has 0 aliphatic rings. The first-order valence-corrected chi connectivity index (χ1v) is 8.94. The van der Waals surface area contributed by atoms with Crippen LogP contribution in [0.25, 0.3) is 34.5 Å². The van der Waals surface area contributed by atoms with Gasteiger partial charge in [-0.3, -0.25) is 4.98 Å². The molecule has 0 aliphatic carbocycles. The lowest BCUT2D eigenvalue weighted by atomic mass is 10.0. The summed E-state index contributed by atoms with van der Waals surface area (Å²) < 4.78 is 27.2. The SMILES string of the molecule is Fc1ccc(-c2cc(-c3ccc(/C=C/c4ccccc4)cc3)ccn2)c(F)c1. The molecule has 0 saturated heterocycles. The highest BCUT2D eigenvalue weighted by molar-refractivity contribution is 5.74. The van der Waals surface area contributed by atoms with Crippen molar-refractivity contribution in [2.45, 2.75) is 0 Å². The second-order valence-electron chi connectivity index (χ2n) is 6.42. The Kier molecular flexibility index (Phi) is 5.07. The maximum atomic E-state index is 14.1. The first-order valence-electron chi connectivity index (χ1n) is 8.94. The molecule has 0 bridgehead atoms. The van der Waals surface area contributed by atoms with E-state index < -0.39 is 11.6 Å². The van der Waals surface area contributed by atoms with E-state index in [1.165, 1.54) is 12.1 Å². The number of halogens is 2. The summed E-state index contributed by atoms with van der Waals surface area (Å²) in [5, 5.41) is 0. The number of rotatable bonds is 4. The molecule has 0 atom stereocenters. The zero-order chi connectivity index (χ0) is 19.3. The van der Waals surface area contributed by atoms with Crippen molar-refractivity contribution in [3.63, 3.8) is 0 Å². The number of aromatic nitrogens is 1. The summed E-state index contributed by atoms with van der Waals surface area (Å²) in [4.78, 5) is 4.23. The predicted molar refractivity (Wildman–Crippen MR) is 110 cm³/mol. The molecule has 3 heteroatoms.